The monoisotopic (exact) mass is 525 g/mol. The van der Waals surface area contributed by atoms with Gasteiger partial charge in [-0.05, 0) is 49.7 Å². The van der Waals surface area contributed by atoms with E-state index in [1.54, 1.807) is 0 Å². The molecule has 2 aromatic carbocycles. The van der Waals surface area contributed by atoms with Crippen molar-refractivity contribution >= 4 is 37.5 Å². The number of benzene rings is 2. The summed E-state index contributed by atoms with van der Waals surface area (Å²) in [6.45, 7) is 5.12. The molecular formula is C25H27N5O4S2. The van der Waals surface area contributed by atoms with Crippen LogP contribution < -0.4 is 9.54 Å². The van der Waals surface area contributed by atoms with E-state index in [-0.39, 0.29) is 36.4 Å². The molecule has 0 spiro atoms. The topological polar surface area (TPSA) is 129 Å². The van der Waals surface area contributed by atoms with E-state index < -0.39 is 15.9 Å². The van der Waals surface area contributed by atoms with Gasteiger partial charge in [0, 0.05) is 38.0 Å². The quantitative estimate of drug-likeness (QED) is 0.371. The maximum atomic E-state index is 13.0. The summed E-state index contributed by atoms with van der Waals surface area (Å²) in [5, 5.41) is 17.7. The highest BCUT2D eigenvalue weighted by molar-refractivity contribution is 7.89. The number of sulfonamides is 1. The largest absolute Gasteiger partial charge is 0.492 e. The molecule has 0 N–H and O–H groups in total. The average molecular weight is 526 g/mol. The number of hydrogen-bond donors (Lipinski definition) is 0. The zero-order valence-electron chi connectivity index (χ0n) is 20.2. The van der Waals surface area contributed by atoms with Crippen LogP contribution in [0.3, 0.4) is 0 Å². The zero-order chi connectivity index (χ0) is 26.1. The summed E-state index contributed by atoms with van der Waals surface area (Å²) in [6, 6.07) is 15.2. The molecule has 0 saturated heterocycles. The number of ether oxygens (including phenoxy) is 1. The van der Waals surface area contributed by atoms with Crippen LogP contribution in [0.25, 0.3) is 10.2 Å². The summed E-state index contributed by atoms with van der Waals surface area (Å²) >= 11 is 1.39. The maximum Gasteiger partial charge on any atom is 0.279 e. The predicted octanol–water partition coefficient (Wildman–Crippen LogP) is 4.07. The molecule has 3 aromatic rings. The molecule has 0 aliphatic heterocycles. The number of nitriles is 2. The van der Waals surface area contributed by atoms with Gasteiger partial charge in [0.15, 0.2) is 4.80 Å². The third-order valence-electron chi connectivity index (χ3n) is 5.29. The van der Waals surface area contributed by atoms with Gasteiger partial charge in [-0.25, -0.2) is 8.42 Å². The van der Waals surface area contributed by atoms with Crippen LogP contribution in [-0.2, 0) is 16.6 Å². The first-order valence-corrected chi connectivity index (χ1v) is 13.8. The van der Waals surface area contributed by atoms with Crippen LogP contribution in [0.15, 0.2) is 52.4 Å². The van der Waals surface area contributed by atoms with E-state index in [0.29, 0.717) is 18.0 Å². The second-order valence-corrected chi connectivity index (χ2v) is 10.7. The first-order chi connectivity index (χ1) is 17.4. The number of para-hydroxylation sites is 1. The van der Waals surface area contributed by atoms with E-state index in [1.807, 2.05) is 48.8 Å². The molecule has 0 aliphatic carbocycles. The van der Waals surface area contributed by atoms with Gasteiger partial charge in [-0.1, -0.05) is 24.3 Å². The van der Waals surface area contributed by atoms with Gasteiger partial charge in [-0.15, -0.1) is 0 Å². The molecule has 0 radical (unpaired) electrons. The van der Waals surface area contributed by atoms with Crippen molar-refractivity contribution in [2.45, 2.75) is 44.6 Å². The van der Waals surface area contributed by atoms with Crippen molar-refractivity contribution < 1.29 is 17.9 Å². The predicted molar refractivity (Wildman–Crippen MR) is 137 cm³/mol. The molecular weight excluding hydrogens is 498 g/mol. The Bertz CT molecular complexity index is 1460. The Morgan fingerprint density at radius 1 is 1.08 bits per heavy atom. The minimum Gasteiger partial charge on any atom is -0.492 e. The van der Waals surface area contributed by atoms with Crippen molar-refractivity contribution in [3.8, 4) is 17.9 Å². The Balaban J connectivity index is 1.95. The summed E-state index contributed by atoms with van der Waals surface area (Å²) in [5.74, 6) is 0.250. The minimum absolute atomic E-state index is 0.0103. The lowest BCUT2D eigenvalue weighted by molar-refractivity contribution is 0.0997. The minimum atomic E-state index is -3.92. The lowest BCUT2D eigenvalue weighted by Gasteiger charge is -2.20. The lowest BCUT2D eigenvalue weighted by atomic mass is 10.2. The molecule has 36 heavy (non-hydrogen) atoms. The van der Waals surface area contributed by atoms with E-state index >= 15 is 0 Å². The molecule has 0 atom stereocenters. The third kappa shape index (κ3) is 6.00. The number of hydrogen-bond acceptors (Lipinski definition) is 7. The van der Waals surface area contributed by atoms with Gasteiger partial charge in [0.1, 0.15) is 11.3 Å². The van der Waals surface area contributed by atoms with Crippen molar-refractivity contribution in [3.05, 3.63) is 52.8 Å². The second kappa shape index (κ2) is 12.5. The fourth-order valence-corrected chi connectivity index (χ4v) is 6.17. The molecule has 11 heteroatoms. The standard InChI is InChI=1S/C25H27N5O4S2/c1-3-16-30-23-21(34-4-2)8-5-9-22(23)35-25(30)28-24(31)19-10-12-20(13-11-19)36(32,33)29(17-6-14-26)18-7-15-27/h5,8-13H,3-4,6-7,16-18H2,1-2H3. The third-order valence-corrected chi connectivity index (χ3v) is 8.25. The van der Waals surface area contributed by atoms with Crippen LogP contribution in [0.4, 0.5) is 0 Å². The Labute approximate surface area is 214 Å². The Kier molecular flexibility index (Phi) is 9.37. The van der Waals surface area contributed by atoms with E-state index in [9.17, 15) is 13.2 Å². The van der Waals surface area contributed by atoms with Crippen molar-refractivity contribution in [2.75, 3.05) is 19.7 Å². The lowest BCUT2D eigenvalue weighted by Crippen LogP contribution is -2.32. The summed E-state index contributed by atoms with van der Waals surface area (Å²) in [7, 11) is -3.92. The van der Waals surface area contributed by atoms with E-state index in [4.69, 9.17) is 15.3 Å². The van der Waals surface area contributed by atoms with Gasteiger partial charge in [0.05, 0.1) is 28.3 Å². The summed E-state index contributed by atoms with van der Waals surface area (Å²) in [4.78, 5) is 17.9. The van der Waals surface area contributed by atoms with E-state index in [1.165, 1.54) is 35.6 Å². The number of carbonyl (C=O) groups excluding carboxylic acids is 1. The van der Waals surface area contributed by atoms with Gasteiger partial charge in [0.2, 0.25) is 10.0 Å². The fourth-order valence-electron chi connectivity index (χ4n) is 3.66. The maximum absolute atomic E-state index is 13.0. The Hall–Kier alpha value is -3.51. The highest BCUT2D eigenvalue weighted by Gasteiger charge is 2.24. The van der Waals surface area contributed by atoms with Crippen LogP contribution in [0.2, 0.25) is 0 Å². The van der Waals surface area contributed by atoms with Gasteiger partial charge in [0.25, 0.3) is 5.91 Å². The average Bonchev–Trinajstić information content (AvgIpc) is 3.22. The SMILES string of the molecule is CCCn1c(=NC(=O)c2ccc(S(=O)(=O)N(CCC#N)CCC#N)cc2)sc2cccc(OCC)c21. The molecule has 0 fully saturated rings. The highest BCUT2D eigenvalue weighted by Crippen LogP contribution is 2.28. The number of aromatic nitrogens is 1. The summed E-state index contributed by atoms with van der Waals surface area (Å²) < 4.78 is 35.8. The molecule has 1 amide bonds. The van der Waals surface area contributed by atoms with Crippen molar-refractivity contribution in [3.63, 3.8) is 0 Å². The summed E-state index contributed by atoms with van der Waals surface area (Å²) in [5.41, 5.74) is 1.15. The number of aryl methyl sites for hydroxylation is 1. The molecule has 0 saturated carbocycles. The van der Waals surface area contributed by atoms with Crippen LogP contribution >= 0.6 is 11.3 Å². The number of nitrogens with zero attached hydrogens (tertiary/aromatic N) is 5. The molecule has 3 rings (SSSR count). The van der Waals surface area contributed by atoms with Gasteiger partial charge < -0.3 is 9.30 Å². The fraction of sp³-hybridized carbons (Fsp3) is 0.360. The van der Waals surface area contributed by atoms with Crippen molar-refractivity contribution in [2.24, 2.45) is 4.99 Å². The Morgan fingerprint density at radius 2 is 1.75 bits per heavy atom. The van der Waals surface area contributed by atoms with Crippen LogP contribution in [0.1, 0.15) is 43.5 Å². The zero-order valence-corrected chi connectivity index (χ0v) is 21.8. The molecule has 0 unspecified atom stereocenters. The number of rotatable bonds is 11. The van der Waals surface area contributed by atoms with E-state index in [2.05, 4.69) is 4.99 Å². The number of amides is 1. The smallest absolute Gasteiger partial charge is 0.279 e. The second-order valence-electron chi connectivity index (χ2n) is 7.73. The molecule has 0 bridgehead atoms. The first kappa shape index (κ1) is 27.1. The number of fused-ring (bicyclic) bond motifs is 1. The molecule has 1 heterocycles. The normalized spacial score (nSPS) is 12.0. The Morgan fingerprint density at radius 3 is 2.33 bits per heavy atom. The van der Waals surface area contributed by atoms with Crippen LogP contribution in [-0.4, -0.2) is 42.9 Å². The van der Waals surface area contributed by atoms with Crippen molar-refractivity contribution in [1.82, 2.24) is 8.87 Å². The number of thiazole rings is 1. The molecule has 1 aromatic heterocycles. The number of carbonyl (C=O) groups is 1. The van der Waals surface area contributed by atoms with Crippen LogP contribution in [0, 0.1) is 22.7 Å². The van der Waals surface area contributed by atoms with Gasteiger partial charge >= 0.3 is 0 Å². The van der Waals surface area contributed by atoms with Crippen molar-refractivity contribution in [1.29, 1.82) is 10.5 Å². The molecule has 0 aliphatic rings. The van der Waals surface area contributed by atoms with Gasteiger partial charge in [-0.3, -0.25) is 4.79 Å². The molecule has 188 valence electrons. The van der Waals surface area contributed by atoms with Gasteiger partial charge in [-0.2, -0.15) is 19.8 Å². The first-order valence-electron chi connectivity index (χ1n) is 11.6. The molecule has 9 nitrogen and oxygen atoms in total. The summed E-state index contributed by atoms with van der Waals surface area (Å²) in [6.07, 6.45) is 0.865. The van der Waals surface area contributed by atoms with E-state index in [0.717, 1.165) is 26.7 Å². The highest BCUT2D eigenvalue weighted by atomic mass is 32.2. The van der Waals surface area contributed by atoms with Crippen LogP contribution in [0.5, 0.6) is 5.75 Å².